The third-order valence-corrected chi connectivity index (χ3v) is 15.4. The van der Waals surface area contributed by atoms with Crippen LogP contribution in [0.5, 0.6) is 17.2 Å². The van der Waals surface area contributed by atoms with Crippen LogP contribution in [0, 0.1) is 0 Å². The topological polar surface area (TPSA) is 450 Å². The Morgan fingerprint density at radius 3 is 1.78 bits per heavy atom. The van der Waals surface area contributed by atoms with E-state index in [0.29, 0.717) is 24.3 Å². The molecule has 0 aliphatic carbocycles. The van der Waals surface area contributed by atoms with Crippen LogP contribution in [0.3, 0.4) is 0 Å². The van der Waals surface area contributed by atoms with Gasteiger partial charge in [-0.05, 0) is 42.3 Å². The number of ether oxygens (including phenoxy) is 2. The number of nitrogens with zero attached hydrogens (tertiary/aromatic N) is 5. The van der Waals surface area contributed by atoms with Crippen LogP contribution in [0.1, 0.15) is 12.8 Å². The number of phenols is 1. The largest absolute Gasteiger partial charge is 0.504 e. The maximum absolute atomic E-state index is 12.9. The first-order chi connectivity index (χ1) is 31.3. The number of azo groups is 1. The molecule has 37 heteroatoms. The van der Waals surface area contributed by atoms with Gasteiger partial charge >= 0.3 is 10.4 Å². The summed E-state index contributed by atoms with van der Waals surface area (Å²) in [5.41, 5.74) is -2.88. The second-order valence-electron chi connectivity index (χ2n) is 13.0. The van der Waals surface area contributed by atoms with Crippen LogP contribution in [-0.4, -0.2) is 139 Å². The van der Waals surface area contributed by atoms with Gasteiger partial charge in [0, 0.05) is 24.4 Å². The summed E-state index contributed by atoms with van der Waals surface area (Å²) in [6.45, 7) is -1.14. The van der Waals surface area contributed by atoms with Crippen molar-refractivity contribution in [1.29, 1.82) is 0 Å². The van der Waals surface area contributed by atoms with Crippen molar-refractivity contribution in [3.05, 3.63) is 41.7 Å². The van der Waals surface area contributed by atoms with Crippen molar-refractivity contribution in [1.82, 2.24) is 15.0 Å². The molecule has 68 heavy (non-hydrogen) atoms. The Kier molecular flexibility index (Phi) is 17.6. The van der Waals surface area contributed by atoms with Crippen LogP contribution >= 0.6 is 23.2 Å². The van der Waals surface area contributed by atoms with Crippen molar-refractivity contribution in [3.8, 4) is 17.2 Å². The number of halogens is 2. The highest BCUT2D eigenvalue weighted by Gasteiger charge is 2.28. The van der Waals surface area contributed by atoms with Crippen LogP contribution in [0.15, 0.2) is 66.2 Å². The lowest BCUT2D eigenvalue weighted by Crippen LogP contribution is -2.18. The maximum Gasteiger partial charge on any atom is 0.397 e. The Bertz CT molecular complexity index is 3350. The molecule has 29 nitrogen and oxygen atoms in total. The fraction of sp³-hybridized carbons (Fsp3) is 0.290. The molecule has 0 atom stereocenters. The normalized spacial score (nSPS) is 12.8. The molecule has 374 valence electrons. The Balaban J connectivity index is 1.71. The van der Waals surface area contributed by atoms with Gasteiger partial charge in [-0.2, -0.15) is 48.6 Å². The minimum Gasteiger partial charge on any atom is -0.504 e. The minimum atomic E-state index is -5.36. The zero-order valence-corrected chi connectivity index (χ0v) is 40.5. The molecule has 0 saturated carbocycles. The number of aromatic nitrogens is 3. The van der Waals surface area contributed by atoms with Crippen LogP contribution in [-0.2, 0) is 69.4 Å². The highest BCUT2D eigenvalue weighted by atomic mass is 35.5. The number of sulfone groups is 2. The average Bonchev–Trinajstić information content (AvgIpc) is 3.18. The number of carbonyl (C=O) groups is 1. The highest BCUT2D eigenvalue weighted by molar-refractivity contribution is 7.92. The molecule has 0 saturated heterocycles. The number of hydrogen-bond acceptors (Lipinski definition) is 24. The molecular weight excluding hydrogens is 1080 g/mol. The molecule has 3 aromatic carbocycles. The number of alkyl halides is 1. The van der Waals surface area contributed by atoms with E-state index >= 15 is 0 Å². The van der Waals surface area contributed by atoms with Gasteiger partial charge in [0.05, 0.1) is 60.0 Å². The molecular formula is C31H34Cl2N8O21S6. The number of anilines is 5. The van der Waals surface area contributed by atoms with E-state index in [1.807, 2.05) is 5.32 Å². The van der Waals surface area contributed by atoms with Crippen molar-refractivity contribution in [2.24, 2.45) is 10.2 Å². The third-order valence-electron chi connectivity index (χ3n) is 8.28. The average molecular weight is 1120 g/mol. The number of phenolic OH excluding ortho intramolecular Hbond substituents is 1. The van der Waals surface area contributed by atoms with Gasteiger partial charge in [0.15, 0.2) is 25.4 Å². The standard InChI is InChI=1S/C31H34Cl2N8O21S6/c1-60-22-13-18(40-41-20-15-24(65(48,49)50)19(14-25(20)66(51,52)53)34-27(42)4-3-7-63(44,45)8-5-32)23(61-2)12-17(22)35-30-37-29(33)38-31(39-30)36-21-10-16(11-26(28(21)43)67(54,55)56)64(46,47)9-6-62-68(57,58)59/h10-15,43H,3-9H2,1-2H3,(H,34,42)(H,48,49,50)(H,51,52,53)(H,54,55,56)(H,57,58,59)(H2,35,36,37,38,39). The molecule has 0 radical (unpaired) electrons. The molecule has 0 spiro atoms. The minimum absolute atomic E-state index is 0.0720. The van der Waals surface area contributed by atoms with Gasteiger partial charge < -0.3 is 30.5 Å². The van der Waals surface area contributed by atoms with E-state index in [-0.39, 0.29) is 40.9 Å². The van der Waals surface area contributed by atoms with E-state index < -0.39 is 150 Å². The number of aromatic hydroxyl groups is 1. The van der Waals surface area contributed by atoms with Crippen LogP contribution in [0.2, 0.25) is 5.28 Å². The van der Waals surface area contributed by atoms with E-state index in [1.165, 1.54) is 0 Å². The van der Waals surface area contributed by atoms with E-state index in [1.54, 1.807) is 0 Å². The van der Waals surface area contributed by atoms with E-state index in [0.717, 1.165) is 26.4 Å². The summed E-state index contributed by atoms with van der Waals surface area (Å²) >= 11 is 11.5. The number of carbonyl (C=O) groups excluding carboxylic acids is 1. The first-order valence-corrected chi connectivity index (χ1v) is 27.9. The van der Waals surface area contributed by atoms with Gasteiger partial charge in [0.25, 0.3) is 30.4 Å². The lowest BCUT2D eigenvalue weighted by atomic mass is 10.2. The smallest absolute Gasteiger partial charge is 0.397 e. The van der Waals surface area contributed by atoms with Crippen molar-refractivity contribution >= 4 is 130 Å². The lowest BCUT2D eigenvalue weighted by molar-refractivity contribution is -0.116. The Morgan fingerprint density at radius 2 is 1.24 bits per heavy atom. The van der Waals surface area contributed by atoms with Gasteiger partial charge in [-0.15, -0.1) is 21.8 Å². The fourth-order valence-corrected chi connectivity index (χ4v) is 10.7. The summed E-state index contributed by atoms with van der Waals surface area (Å²) in [5.74, 6) is -5.93. The van der Waals surface area contributed by atoms with Crippen LogP contribution in [0.25, 0.3) is 0 Å². The molecule has 4 aromatic rings. The molecule has 8 N–H and O–H groups in total. The maximum atomic E-state index is 12.9. The monoisotopic (exact) mass is 1120 g/mol. The molecule has 1 aromatic heterocycles. The first kappa shape index (κ1) is 55.4. The summed E-state index contributed by atoms with van der Waals surface area (Å²) in [5, 5.41) is 24.7. The van der Waals surface area contributed by atoms with Gasteiger partial charge in [0.1, 0.15) is 37.6 Å². The van der Waals surface area contributed by atoms with E-state index in [9.17, 15) is 74.1 Å². The highest BCUT2D eigenvalue weighted by Crippen LogP contribution is 2.42. The number of rotatable bonds is 23. The van der Waals surface area contributed by atoms with Gasteiger partial charge in [-0.1, -0.05) is 0 Å². The van der Waals surface area contributed by atoms with Crippen molar-refractivity contribution in [3.63, 3.8) is 0 Å². The summed E-state index contributed by atoms with van der Waals surface area (Å²) < 4.78 is 199. The van der Waals surface area contributed by atoms with Gasteiger partial charge in [-0.3, -0.25) is 23.0 Å². The number of nitrogens with one attached hydrogen (secondary N) is 3. The first-order valence-electron chi connectivity index (χ1n) is 17.8. The number of hydrogen-bond donors (Lipinski definition) is 8. The van der Waals surface area contributed by atoms with Gasteiger partial charge in [0.2, 0.25) is 23.1 Å². The predicted octanol–water partition coefficient (Wildman–Crippen LogP) is 2.86. The number of benzene rings is 3. The summed E-state index contributed by atoms with van der Waals surface area (Å²) in [6.07, 6.45) is -0.770. The van der Waals surface area contributed by atoms with Gasteiger partial charge in [-0.25, -0.2) is 21.0 Å². The Hall–Kier alpha value is -5.18. The quantitative estimate of drug-likeness (QED) is 0.0229. The zero-order valence-electron chi connectivity index (χ0n) is 34.1. The molecule has 0 unspecified atom stereocenters. The third kappa shape index (κ3) is 15.4. The summed E-state index contributed by atoms with van der Waals surface area (Å²) in [6, 6.07) is 4.13. The summed E-state index contributed by atoms with van der Waals surface area (Å²) in [7, 11) is -27.1. The molecule has 0 aliphatic rings. The zero-order chi connectivity index (χ0) is 51.2. The van der Waals surface area contributed by atoms with Crippen LogP contribution in [0.4, 0.5) is 40.3 Å². The van der Waals surface area contributed by atoms with Crippen LogP contribution < -0.4 is 25.4 Å². The molecule has 0 aliphatic heterocycles. The van der Waals surface area contributed by atoms with Crippen molar-refractivity contribution < 1.29 is 92.3 Å². The second-order valence-corrected chi connectivity index (χ2v) is 23.4. The second kappa shape index (κ2) is 21.6. The SMILES string of the molecule is COc1cc(Nc2nc(Cl)nc(Nc3cc(S(=O)(=O)CCOS(=O)(=O)O)cc(S(=O)(=O)O)c3O)n2)c(OC)cc1N=Nc1cc(S(=O)(=O)O)c(NC(=O)CCCS(=O)(=O)CCCl)cc1S(=O)(=O)O. The van der Waals surface area contributed by atoms with Crippen molar-refractivity contribution in [2.45, 2.75) is 32.4 Å². The number of amides is 1. The van der Waals surface area contributed by atoms with E-state index in [2.05, 4.69) is 40.0 Å². The Morgan fingerprint density at radius 1 is 0.662 bits per heavy atom. The molecule has 0 fully saturated rings. The molecule has 0 bridgehead atoms. The fourth-order valence-electron chi connectivity index (χ4n) is 5.32. The lowest BCUT2D eigenvalue weighted by Gasteiger charge is -2.15. The number of methoxy groups -OCH3 is 2. The predicted molar refractivity (Wildman–Crippen MR) is 236 cm³/mol. The van der Waals surface area contributed by atoms with E-state index in [4.69, 9.17) is 37.2 Å². The van der Waals surface area contributed by atoms with Crippen molar-refractivity contribution in [2.75, 3.05) is 59.9 Å². The molecule has 1 heterocycles. The summed E-state index contributed by atoms with van der Waals surface area (Å²) in [4.78, 5) is 19.8. The Labute approximate surface area is 396 Å². The molecule has 4 rings (SSSR count). The molecule has 1 amide bonds.